The Labute approximate surface area is 98.9 Å². The van der Waals surface area contributed by atoms with E-state index >= 15 is 0 Å². The molecule has 17 heavy (non-hydrogen) atoms. The van der Waals surface area contributed by atoms with Gasteiger partial charge in [0.25, 0.3) is 0 Å². The number of nitrogens with two attached hydrogens (primary N) is 1. The molecule has 0 aliphatic heterocycles. The number of aryl methyl sites for hydroxylation is 1. The van der Waals surface area contributed by atoms with Crippen LogP contribution >= 0.6 is 0 Å². The molecular weight excluding hydrogens is 247 g/mol. The van der Waals surface area contributed by atoms with Gasteiger partial charge >= 0.3 is 0 Å². The molecule has 0 bridgehead atoms. The van der Waals surface area contributed by atoms with Gasteiger partial charge in [-0.3, -0.25) is 9.52 Å². The highest BCUT2D eigenvalue weighted by Gasteiger charge is 2.13. The number of hydrogen-bond donors (Lipinski definition) is 2. The van der Waals surface area contributed by atoms with Gasteiger partial charge in [0, 0.05) is 0 Å². The first kappa shape index (κ1) is 13.4. The number of carbonyl (C=O) groups excluding carboxylic acids is 1. The first-order valence-electron chi connectivity index (χ1n) is 4.61. The third-order valence-corrected chi connectivity index (χ3v) is 2.48. The molecule has 5 nitrogen and oxygen atoms in total. The fourth-order valence-electron chi connectivity index (χ4n) is 1.33. The molecule has 1 aromatic rings. The summed E-state index contributed by atoms with van der Waals surface area (Å²) in [5, 5.41) is 0. The first-order valence-corrected chi connectivity index (χ1v) is 6.50. The van der Waals surface area contributed by atoms with Crippen LogP contribution in [-0.2, 0) is 14.8 Å². The lowest BCUT2D eigenvalue weighted by molar-refractivity contribution is -0.114. The van der Waals surface area contributed by atoms with E-state index in [1.807, 2.05) is 0 Å². The first-order chi connectivity index (χ1) is 7.69. The zero-order valence-corrected chi connectivity index (χ0v) is 10.1. The van der Waals surface area contributed by atoms with Gasteiger partial charge in [-0.25, -0.2) is 12.8 Å². The maximum absolute atomic E-state index is 13.6. The Morgan fingerprint density at radius 2 is 2.06 bits per heavy atom. The van der Waals surface area contributed by atoms with Crippen molar-refractivity contribution in [2.45, 2.75) is 6.92 Å². The number of primary amides is 1. The summed E-state index contributed by atoms with van der Waals surface area (Å²) in [6.07, 6.45) is 1.98. The summed E-state index contributed by atoms with van der Waals surface area (Å²) in [5.41, 5.74) is 5.45. The lowest BCUT2D eigenvalue weighted by atomic mass is 10.1. The Bertz CT molecular complexity index is 532. The molecule has 7 heteroatoms. The zero-order valence-electron chi connectivity index (χ0n) is 9.32. The van der Waals surface area contributed by atoms with Crippen LogP contribution in [-0.4, -0.2) is 20.6 Å². The number of carbonyl (C=O) groups is 1. The SMILES string of the molecule is Cc1cc([CH]C(N)=O)cc(F)c1NS(C)(=O)=O. The van der Waals surface area contributed by atoms with E-state index in [9.17, 15) is 17.6 Å². The van der Waals surface area contributed by atoms with Gasteiger partial charge in [-0.05, 0) is 24.1 Å². The van der Waals surface area contributed by atoms with Gasteiger partial charge in [0.2, 0.25) is 15.9 Å². The predicted molar refractivity (Wildman–Crippen MR) is 62.2 cm³/mol. The van der Waals surface area contributed by atoms with Crippen LogP contribution in [0.15, 0.2) is 12.1 Å². The molecule has 1 amide bonds. The van der Waals surface area contributed by atoms with Crippen LogP contribution in [0.25, 0.3) is 0 Å². The molecule has 3 N–H and O–H groups in total. The number of sulfonamides is 1. The second kappa shape index (κ2) is 4.70. The highest BCUT2D eigenvalue weighted by molar-refractivity contribution is 7.92. The Morgan fingerprint density at radius 1 is 1.47 bits per heavy atom. The van der Waals surface area contributed by atoms with E-state index in [0.29, 0.717) is 5.56 Å². The number of nitrogens with one attached hydrogen (secondary N) is 1. The zero-order chi connectivity index (χ0) is 13.2. The summed E-state index contributed by atoms with van der Waals surface area (Å²) in [7, 11) is -3.55. The van der Waals surface area contributed by atoms with E-state index in [4.69, 9.17) is 5.73 Å². The largest absolute Gasteiger partial charge is 0.369 e. The van der Waals surface area contributed by atoms with Crippen molar-refractivity contribution in [3.8, 4) is 0 Å². The van der Waals surface area contributed by atoms with Gasteiger partial charge in [0.15, 0.2) is 0 Å². The normalized spacial score (nSPS) is 11.2. The summed E-state index contributed by atoms with van der Waals surface area (Å²) >= 11 is 0. The Balaban J connectivity index is 3.15. The van der Waals surface area contributed by atoms with Crippen molar-refractivity contribution in [1.29, 1.82) is 0 Å². The highest BCUT2D eigenvalue weighted by atomic mass is 32.2. The van der Waals surface area contributed by atoms with Crippen molar-refractivity contribution in [2.75, 3.05) is 11.0 Å². The molecule has 0 aliphatic rings. The smallest absolute Gasteiger partial charge is 0.229 e. The predicted octanol–water partition coefficient (Wildman–Crippen LogP) is 0.543. The molecule has 0 heterocycles. The molecule has 1 radical (unpaired) electrons. The molecule has 0 saturated carbocycles. The molecule has 0 unspecified atom stereocenters. The molecule has 0 fully saturated rings. The molecule has 1 rings (SSSR count). The van der Waals surface area contributed by atoms with E-state index in [1.165, 1.54) is 13.0 Å². The second-order valence-electron chi connectivity index (χ2n) is 3.62. The number of rotatable bonds is 4. The van der Waals surface area contributed by atoms with Gasteiger partial charge in [-0.15, -0.1) is 0 Å². The van der Waals surface area contributed by atoms with Crippen molar-refractivity contribution >= 4 is 21.6 Å². The highest BCUT2D eigenvalue weighted by Crippen LogP contribution is 2.23. The van der Waals surface area contributed by atoms with Crippen LogP contribution in [0.2, 0.25) is 0 Å². The average Bonchev–Trinajstić information content (AvgIpc) is 2.08. The van der Waals surface area contributed by atoms with Crippen LogP contribution in [0.4, 0.5) is 10.1 Å². The Kier molecular flexibility index (Phi) is 3.72. The number of amides is 1. The molecule has 1 aromatic carbocycles. The van der Waals surface area contributed by atoms with E-state index in [2.05, 4.69) is 4.72 Å². The van der Waals surface area contributed by atoms with Crippen LogP contribution in [0.3, 0.4) is 0 Å². The van der Waals surface area contributed by atoms with E-state index in [0.717, 1.165) is 18.7 Å². The van der Waals surface area contributed by atoms with Gasteiger partial charge in [0.05, 0.1) is 18.4 Å². The second-order valence-corrected chi connectivity index (χ2v) is 5.36. The van der Waals surface area contributed by atoms with Crippen LogP contribution in [0, 0.1) is 19.2 Å². The maximum atomic E-state index is 13.6. The third kappa shape index (κ3) is 4.03. The van der Waals surface area contributed by atoms with Crippen molar-refractivity contribution < 1.29 is 17.6 Å². The van der Waals surface area contributed by atoms with Crippen LogP contribution in [0.1, 0.15) is 11.1 Å². The van der Waals surface area contributed by atoms with Gasteiger partial charge in [-0.2, -0.15) is 0 Å². The van der Waals surface area contributed by atoms with Gasteiger partial charge in [0.1, 0.15) is 5.82 Å². The van der Waals surface area contributed by atoms with E-state index in [-0.39, 0.29) is 11.3 Å². The van der Waals surface area contributed by atoms with Gasteiger partial charge in [-0.1, -0.05) is 6.07 Å². The standard InChI is InChI=1S/C10H12FN2O3S/c1-6-3-7(5-9(12)14)4-8(11)10(6)13-17(2,15)16/h3-5,13H,1-2H3,(H2,12,14). The number of anilines is 1. The summed E-state index contributed by atoms with van der Waals surface area (Å²) in [6, 6.07) is 2.49. The number of benzene rings is 1. The molecule has 0 aromatic heterocycles. The minimum absolute atomic E-state index is 0.130. The van der Waals surface area contributed by atoms with E-state index in [1.54, 1.807) is 0 Å². The molecule has 0 saturated heterocycles. The molecule has 0 spiro atoms. The van der Waals surface area contributed by atoms with E-state index < -0.39 is 21.7 Å². The topological polar surface area (TPSA) is 89.3 Å². The third-order valence-electron chi connectivity index (χ3n) is 1.91. The molecule has 93 valence electrons. The minimum atomic E-state index is -3.55. The summed E-state index contributed by atoms with van der Waals surface area (Å²) < 4.78 is 37.7. The Morgan fingerprint density at radius 3 is 2.47 bits per heavy atom. The van der Waals surface area contributed by atoms with Crippen molar-refractivity contribution in [2.24, 2.45) is 5.73 Å². The monoisotopic (exact) mass is 259 g/mol. The lowest BCUT2D eigenvalue weighted by Crippen LogP contribution is -2.14. The fraction of sp³-hybridized carbons (Fsp3) is 0.200. The van der Waals surface area contributed by atoms with Crippen molar-refractivity contribution in [3.63, 3.8) is 0 Å². The molecule has 0 atom stereocenters. The summed E-state index contributed by atoms with van der Waals surface area (Å²) in [4.78, 5) is 10.6. The quantitative estimate of drug-likeness (QED) is 0.827. The maximum Gasteiger partial charge on any atom is 0.229 e. The van der Waals surface area contributed by atoms with Gasteiger partial charge < -0.3 is 5.73 Å². The summed E-state index contributed by atoms with van der Waals surface area (Å²) in [5.74, 6) is -1.46. The molecule has 0 aliphatic carbocycles. The summed E-state index contributed by atoms with van der Waals surface area (Å²) in [6.45, 7) is 1.52. The fourth-order valence-corrected chi connectivity index (χ4v) is 1.96. The Hall–Kier alpha value is -1.63. The molecular formula is C10H12FN2O3S. The lowest BCUT2D eigenvalue weighted by Gasteiger charge is -2.10. The number of hydrogen-bond acceptors (Lipinski definition) is 3. The average molecular weight is 259 g/mol. The van der Waals surface area contributed by atoms with Crippen molar-refractivity contribution in [1.82, 2.24) is 0 Å². The minimum Gasteiger partial charge on any atom is -0.369 e. The van der Waals surface area contributed by atoms with Crippen LogP contribution < -0.4 is 10.5 Å². The number of halogens is 1. The van der Waals surface area contributed by atoms with Crippen LogP contribution in [0.5, 0.6) is 0 Å². The van der Waals surface area contributed by atoms with Crippen molar-refractivity contribution in [3.05, 3.63) is 35.5 Å².